The van der Waals surface area contributed by atoms with Gasteiger partial charge < -0.3 is 10.6 Å². The van der Waals surface area contributed by atoms with Crippen molar-refractivity contribution in [2.45, 2.75) is 45.7 Å². The van der Waals surface area contributed by atoms with Crippen LogP contribution in [0.3, 0.4) is 0 Å². The molecular formula is C18H24N2S. The maximum Gasteiger partial charge on any atom is 0.0440 e. The number of anilines is 1. The van der Waals surface area contributed by atoms with Crippen molar-refractivity contribution < 1.29 is 0 Å². The first-order valence-corrected chi connectivity index (χ1v) is 8.70. The standard InChI is InChI=1S/C18H24N2S/c1-3-16(19)11-14-4-5-17(10-13(14)2)20-8-6-18-15(12-20)7-9-21-18/h4-5,7,9-10,16H,3,6,8,11-12,19H2,1-2H3. The van der Waals surface area contributed by atoms with Gasteiger partial charge in [-0.1, -0.05) is 13.0 Å². The van der Waals surface area contributed by atoms with Crippen molar-refractivity contribution in [2.24, 2.45) is 5.73 Å². The van der Waals surface area contributed by atoms with Crippen LogP contribution < -0.4 is 10.6 Å². The third kappa shape index (κ3) is 3.14. The Hall–Kier alpha value is -1.32. The maximum absolute atomic E-state index is 6.09. The minimum absolute atomic E-state index is 0.276. The van der Waals surface area contributed by atoms with E-state index in [-0.39, 0.29) is 6.04 Å². The fraction of sp³-hybridized carbons (Fsp3) is 0.444. The van der Waals surface area contributed by atoms with Gasteiger partial charge in [0, 0.05) is 29.7 Å². The fourth-order valence-electron chi connectivity index (χ4n) is 3.00. The number of nitrogens with two attached hydrogens (primary N) is 1. The highest BCUT2D eigenvalue weighted by atomic mass is 32.1. The summed E-state index contributed by atoms with van der Waals surface area (Å²) in [5, 5.41) is 2.22. The Kier molecular flexibility index (Phi) is 4.32. The van der Waals surface area contributed by atoms with Crippen LogP contribution >= 0.6 is 11.3 Å². The number of fused-ring (bicyclic) bond motifs is 1. The molecule has 1 aromatic heterocycles. The summed E-state index contributed by atoms with van der Waals surface area (Å²) in [6.07, 6.45) is 3.19. The van der Waals surface area contributed by atoms with Gasteiger partial charge in [0.15, 0.2) is 0 Å². The number of hydrogen-bond acceptors (Lipinski definition) is 3. The first-order chi connectivity index (χ1) is 10.2. The molecule has 1 atom stereocenters. The van der Waals surface area contributed by atoms with Crippen molar-refractivity contribution >= 4 is 17.0 Å². The Bertz CT molecular complexity index is 617. The van der Waals surface area contributed by atoms with Gasteiger partial charge in [0.25, 0.3) is 0 Å². The van der Waals surface area contributed by atoms with Crippen molar-refractivity contribution in [1.29, 1.82) is 0 Å². The predicted molar refractivity (Wildman–Crippen MR) is 92.2 cm³/mol. The second-order valence-corrected chi connectivity index (χ2v) is 7.02. The molecule has 112 valence electrons. The van der Waals surface area contributed by atoms with Gasteiger partial charge >= 0.3 is 0 Å². The van der Waals surface area contributed by atoms with E-state index in [1.54, 1.807) is 4.88 Å². The van der Waals surface area contributed by atoms with Crippen LogP contribution in [-0.2, 0) is 19.4 Å². The summed E-state index contributed by atoms with van der Waals surface area (Å²) in [4.78, 5) is 4.06. The van der Waals surface area contributed by atoms with E-state index in [2.05, 4.69) is 48.4 Å². The van der Waals surface area contributed by atoms with Crippen molar-refractivity contribution in [3.05, 3.63) is 51.2 Å². The van der Waals surface area contributed by atoms with E-state index in [0.29, 0.717) is 0 Å². The summed E-state index contributed by atoms with van der Waals surface area (Å²) in [5.74, 6) is 0. The zero-order valence-corrected chi connectivity index (χ0v) is 13.7. The Morgan fingerprint density at radius 3 is 2.95 bits per heavy atom. The number of hydrogen-bond donors (Lipinski definition) is 1. The smallest absolute Gasteiger partial charge is 0.0440 e. The van der Waals surface area contributed by atoms with Crippen LogP contribution in [0.25, 0.3) is 0 Å². The average molecular weight is 300 g/mol. The molecule has 2 nitrogen and oxygen atoms in total. The van der Waals surface area contributed by atoms with Gasteiger partial charge in [0.1, 0.15) is 0 Å². The molecule has 0 aliphatic carbocycles. The van der Waals surface area contributed by atoms with Gasteiger partial charge in [-0.25, -0.2) is 0 Å². The van der Waals surface area contributed by atoms with Gasteiger partial charge in [-0.05, 0) is 66.5 Å². The normalized spacial score (nSPS) is 15.9. The first kappa shape index (κ1) is 14.6. The molecule has 3 heteroatoms. The van der Waals surface area contributed by atoms with Gasteiger partial charge in [0.2, 0.25) is 0 Å². The Balaban J connectivity index is 1.77. The van der Waals surface area contributed by atoms with Gasteiger partial charge in [-0.2, -0.15) is 0 Å². The molecule has 1 unspecified atom stereocenters. The number of nitrogens with zero attached hydrogens (tertiary/aromatic N) is 1. The molecule has 0 fully saturated rings. The van der Waals surface area contributed by atoms with E-state index in [4.69, 9.17) is 5.73 Å². The molecule has 0 saturated carbocycles. The second-order valence-electron chi connectivity index (χ2n) is 6.02. The molecular weight excluding hydrogens is 276 g/mol. The molecule has 21 heavy (non-hydrogen) atoms. The minimum atomic E-state index is 0.276. The van der Waals surface area contributed by atoms with Gasteiger partial charge in [0.05, 0.1) is 0 Å². The highest BCUT2D eigenvalue weighted by Gasteiger charge is 2.18. The summed E-state index contributed by atoms with van der Waals surface area (Å²) in [7, 11) is 0. The lowest BCUT2D eigenvalue weighted by Gasteiger charge is -2.29. The van der Waals surface area contributed by atoms with Gasteiger partial charge in [-0.15, -0.1) is 11.3 Å². The second kappa shape index (κ2) is 6.20. The van der Waals surface area contributed by atoms with Crippen molar-refractivity contribution in [3.63, 3.8) is 0 Å². The Morgan fingerprint density at radius 1 is 1.33 bits per heavy atom. The predicted octanol–water partition coefficient (Wildman–Crippen LogP) is 3.90. The van der Waals surface area contributed by atoms with Crippen LogP contribution in [-0.4, -0.2) is 12.6 Å². The summed E-state index contributed by atoms with van der Waals surface area (Å²) in [5.41, 5.74) is 11.7. The zero-order chi connectivity index (χ0) is 14.8. The molecule has 3 rings (SSSR count). The summed E-state index contributed by atoms with van der Waals surface area (Å²) in [6, 6.07) is 9.41. The number of rotatable bonds is 4. The third-order valence-corrected chi connectivity index (χ3v) is 5.53. The van der Waals surface area contributed by atoms with Crippen LogP contribution in [0.1, 0.15) is 34.9 Å². The van der Waals surface area contributed by atoms with Crippen molar-refractivity contribution in [3.8, 4) is 0 Å². The first-order valence-electron chi connectivity index (χ1n) is 7.82. The fourth-order valence-corrected chi connectivity index (χ4v) is 3.89. The summed E-state index contributed by atoms with van der Waals surface area (Å²) < 4.78 is 0. The van der Waals surface area contributed by atoms with Crippen molar-refractivity contribution in [1.82, 2.24) is 0 Å². The highest BCUT2D eigenvalue weighted by molar-refractivity contribution is 7.10. The summed E-state index contributed by atoms with van der Waals surface area (Å²) >= 11 is 1.90. The number of aryl methyl sites for hydroxylation is 1. The Morgan fingerprint density at radius 2 is 2.19 bits per heavy atom. The van der Waals surface area contributed by atoms with Crippen LogP contribution in [0.5, 0.6) is 0 Å². The summed E-state index contributed by atoms with van der Waals surface area (Å²) in [6.45, 7) is 6.54. The number of benzene rings is 1. The molecule has 0 spiro atoms. The van der Waals surface area contributed by atoms with Gasteiger partial charge in [-0.3, -0.25) is 0 Å². The molecule has 0 bridgehead atoms. The van der Waals surface area contributed by atoms with E-state index in [1.165, 1.54) is 28.8 Å². The molecule has 2 heterocycles. The van der Waals surface area contributed by atoms with Crippen molar-refractivity contribution in [2.75, 3.05) is 11.4 Å². The topological polar surface area (TPSA) is 29.3 Å². The lowest BCUT2D eigenvalue weighted by molar-refractivity contribution is 0.644. The number of thiophene rings is 1. The highest BCUT2D eigenvalue weighted by Crippen LogP contribution is 2.29. The van der Waals surface area contributed by atoms with E-state index >= 15 is 0 Å². The SMILES string of the molecule is CCC(N)Cc1ccc(N2CCc3sccc3C2)cc1C. The van der Waals surface area contributed by atoms with E-state index in [1.807, 2.05) is 11.3 Å². The maximum atomic E-state index is 6.09. The molecule has 2 N–H and O–H groups in total. The quantitative estimate of drug-likeness (QED) is 0.928. The molecule has 1 aliphatic heterocycles. The van der Waals surface area contributed by atoms with E-state index in [0.717, 1.165) is 25.9 Å². The van der Waals surface area contributed by atoms with Crippen LogP contribution in [0, 0.1) is 6.92 Å². The zero-order valence-electron chi connectivity index (χ0n) is 12.9. The lowest BCUT2D eigenvalue weighted by atomic mass is 9.99. The Labute approximate surface area is 131 Å². The van der Waals surface area contributed by atoms with E-state index < -0.39 is 0 Å². The van der Waals surface area contributed by atoms with Crippen LogP contribution in [0.15, 0.2) is 29.6 Å². The third-order valence-electron chi connectivity index (χ3n) is 4.51. The minimum Gasteiger partial charge on any atom is -0.367 e. The largest absolute Gasteiger partial charge is 0.367 e. The van der Waals surface area contributed by atoms with Crippen LogP contribution in [0.2, 0.25) is 0 Å². The van der Waals surface area contributed by atoms with E-state index in [9.17, 15) is 0 Å². The molecule has 2 aromatic rings. The monoisotopic (exact) mass is 300 g/mol. The molecule has 0 amide bonds. The molecule has 0 saturated heterocycles. The average Bonchev–Trinajstić information content (AvgIpc) is 2.96. The molecule has 1 aromatic carbocycles. The molecule has 1 aliphatic rings. The lowest BCUT2D eigenvalue weighted by Crippen LogP contribution is -2.29. The van der Waals surface area contributed by atoms with Crippen LogP contribution in [0.4, 0.5) is 5.69 Å². The molecule has 0 radical (unpaired) electrons.